The number of hydrogen-bond acceptors (Lipinski definition) is 5. The van der Waals surface area contributed by atoms with Crippen molar-refractivity contribution < 1.29 is 23.9 Å². The Morgan fingerprint density at radius 2 is 1.67 bits per heavy atom. The van der Waals surface area contributed by atoms with Crippen molar-refractivity contribution in [3.8, 4) is 0 Å². The monoisotopic (exact) mass is 496 g/mol. The molecule has 0 aromatic carbocycles. The maximum absolute atomic E-state index is 12.2. The van der Waals surface area contributed by atoms with Crippen molar-refractivity contribution in [2.45, 2.75) is 99.2 Å². The lowest BCUT2D eigenvalue weighted by atomic mass is 9.49. The summed E-state index contributed by atoms with van der Waals surface area (Å²) in [6, 6.07) is 0. The van der Waals surface area contributed by atoms with Gasteiger partial charge in [-0.2, -0.15) is 0 Å². The number of ketones is 1. The Kier molecular flexibility index (Phi) is 7.43. The molecular weight excluding hydrogens is 452 g/mol. The molecule has 0 heterocycles. The van der Waals surface area contributed by atoms with Crippen LogP contribution in [0.2, 0.25) is 0 Å². The number of carbonyl (C=O) groups is 3. The summed E-state index contributed by atoms with van der Waals surface area (Å²) in [4.78, 5) is 36.0. The molecule has 0 radical (unpaired) electrons. The molecule has 0 bridgehead atoms. The molecule has 3 fully saturated rings. The van der Waals surface area contributed by atoms with Gasteiger partial charge in [0.2, 0.25) is 0 Å². The third kappa shape index (κ3) is 4.63. The van der Waals surface area contributed by atoms with Crippen LogP contribution in [0.15, 0.2) is 35.5 Å². The topological polar surface area (TPSA) is 69.7 Å². The Morgan fingerprint density at radius 3 is 2.31 bits per heavy atom. The van der Waals surface area contributed by atoms with Gasteiger partial charge in [0.1, 0.15) is 12.2 Å². The Hall–Kier alpha value is -2.17. The SMILES string of the molecule is CC(=O)O[C@@H]1CC2=CC=C3[C@@H]4CC[C@H]([C@H](C)C=CC(=O)C(C)C)[C@@]4(C)CC[C@@H]3[C@@]2(C)[C@@H](OC(C)=O)C1. The Bertz CT molecular complexity index is 1000. The molecule has 0 saturated heterocycles. The predicted octanol–water partition coefficient (Wildman–Crippen LogP) is 6.38. The smallest absolute Gasteiger partial charge is 0.302 e. The van der Waals surface area contributed by atoms with Gasteiger partial charge < -0.3 is 9.47 Å². The molecule has 4 rings (SSSR count). The Balaban J connectivity index is 1.63. The summed E-state index contributed by atoms with van der Waals surface area (Å²) in [5.74, 6) is 1.39. The highest BCUT2D eigenvalue weighted by molar-refractivity contribution is 5.91. The summed E-state index contributed by atoms with van der Waals surface area (Å²) in [7, 11) is 0. The quantitative estimate of drug-likeness (QED) is 0.315. The molecule has 0 amide bonds. The number of carbonyl (C=O) groups excluding carboxylic acids is 3. The number of allylic oxidation sites excluding steroid dienone is 5. The number of rotatable bonds is 6. The summed E-state index contributed by atoms with van der Waals surface area (Å²) in [5.41, 5.74) is 2.67. The van der Waals surface area contributed by atoms with E-state index in [2.05, 4.69) is 39.0 Å². The number of ether oxygens (including phenoxy) is 2. The second-order valence-electron chi connectivity index (χ2n) is 12.5. The van der Waals surface area contributed by atoms with Crippen LogP contribution in [0.4, 0.5) is 0 Å². The molecule has 198 valence electrons. The second kappa shape index (κ2) is 9.95. The van der Waals surface area contributed by atoms with Crippen molar-refractivity contribution >= 4 is 17.7 Å². The van der Waals surface area contributed by atoms with E-state index in [1.54, 1.807) is 6.08 Å². The summed E-state index contributed by atoms with van der Waals surface area (Å²) in [6.07, 6.45) is 13.7. The van der Waals surface area contributed by atoms with Crippen LogP contribution < -0.4 is 0 Å². The summed E-state index contributed by atoms with van der Waals surface area (Å²) < 4.78 is 11.5. The third-order valence-corrected chi connectivity index (χ3v) is 10.1. The van der Waals surface area contributed by atoms with Crippen molar-refractivity contribution in [2.75, 3.05) is 0 Å². The normalized spacial score (nSPS) is 38.4. The zero-order chi connectivity index (χ0) is 26.4. The predicted molar refractivity (Wildman–Crippen MR) is 140 cm³/mol. The largest absolute Gasteiger partial charge is 0.462 e. The van der Waals surface area contributed by atoms with Gasteiger partial charge in [-0.15, -0.1) is 0 Å². The van der Waals surface area contributed by atoms with Crippen LogP contribution in [0, 0.1) is 40.4 Å². The van der Waals surface area contributed by atoms with E-state index in [0.717, 1.165) is 19.3 Å². The summed E-state index contributed by atoms with van der Waals surface area (Å²) >= 11 is 0. The Morgan fingerprint density at radius 1 is 0.972 bits per heavy atom. The van der Waals surface area contributed by atoms with Crippen molar-refractivity contribution in [3.05, 3.63) is 35.5 Å². The fraction of sp³-hybridized carbons (Fsp3) is 0.710. The van der Waals surface area contributed by atoms with Gasteiger partial charge in [-0.25, -0.2) is 0 Å². The van der Waals surface area contributed by atoms with E-state index in [1.807, 2.05) is 13.8 Å². The van der Waals surface area contributed by atoms with Gasteiger partial charge >= 0.3 is 11.9 Å². The molecule has 4 aliphatic rings. The van der Waals surface area contributed by atoms with Gasteiger partial charge in [0.05, 0.1) is 0 Å². The molecule has 5 nitrogen and oxygen atoms in total. The molecule has 0 unspecified atom stereocenters. The fourth-order valence-electron chi connectivity index (χ4n) is 8.18. The lowest BCUT2D eigenvalue weighted by Gasteiger charge is -2.57. The van der Waals surface area contributed by atoms with E-state index in [4.69, 9.17) is 9.47 Å². The highest BCUT2D eigenvalue weighted by Gasteiger charge is 2.60. The highest BCUT2D eigenvalue weighted by atomic mass is 16.6. The molecule has 0 N–H and O–H groups in total. The summed E-state index contributed by atoms with van der Waals surface area (Å²) in [6.45, 7) is 13.8. The molecule has 4 aliphatic carbocycles. The van der Waals surface area contributed by atoms with Crippen molar-refractivity contribution in [3.63, 3.8) is 0 Å². The van der Waals surface area contributed by atoms with Crippen molar-refractivity contribution in [1.82, 2.24) is 0 Å². The number of hydrogen-bond donors (Lipinski definition) is 0. The van der Waals surface area contributed by atoms with Crippen molar-refractivity contribution in [1.29, 1.82) is 0 Å². The minimum absolute atomic E-state index is 0.0334. The molecule has 36 heavy (non-hydrogen) atoms. The molecule has 0 aliphatic heterocycles. The van der Waals surface area contributed by atoms with Crippen LogP contribution in [0.3, 0.4) is 0 Å². The van der Waals surface area contributed by atoms with Gasteiger partial charge in [0, 0.05) is 38.0 Å². The lowest BCUT2D eigenvalue weighted by molar-refractivity contribution is -0.165. The van der Waals surface area contributed by atoms with Gasteiger partial charge in [-0.05, 0) is 60.8 Å². The minimum Gasteiger partial charge on any atom is -0.462 e. The van der Waals surface area contributed by atoms with Crippen LogP contribution in [-0.2, 0) is 23.9 Å². The van der Waals surface area contributed by atoms with Crippen molar-refractivity contribution in [2.24, 2.45) is 40.4 Å². The Labute approximate surface area is 216 Å². The first-order valence-corrected chi connectivity index (χ1v) is 13.9. The highest BCUT2D eigenvalue weighted by Crippen LogP contribution is 2.66. The van der Waals surface area contributed by atoms with Crippen LogP contribution in [-0.4, -0.2) is 29.9 Å². The molecule has 0 aromatic heterocycles. The van der Waals surface area contributed by atoms with E-state index in [9.17, 15) is 14.4 Å². The van der Waals surface area contributed by atoms with E-state index in [0.29, 0.717) is 36.5 Å². The van der Waals surface area contributed by atoms with E-state index >= 15 is 0 Å². The molecule has 0 aromatic rings. The maximum Gasteiger partial charge on any atom is 0.302 e. The second-order valence-corrected chi connectivity index (χ2v) is 12.5. The van der Waals surface area contributed by atoms with Gasteiger partial charge in [-0.1, -0.05) is 64.0 Å². The molecule has 3 saturated carbocycles. The molecular formula is C31H44O5. The fourth-order valence-corrected chi connectivity index (χ4v) is 8.18. The van der Waals surface area contributed by atoms with Gasteiger partial charge in [-0.3, -0.25) is 14.4 Å². The van der Waals surface area contributed by atoms with Gasteiger partial charge in [0.15, 0.2) is 5.78 Å². The van der Waals surface area contributed by atoms with Crippen LogP contribution >= 0.6 is 0 Å². The first-order chi connectivity index (χ1) is 16.9. The van der Waals surface area contributed by atoms with E-state index < -0.39 is 0 Å². The number of fused-ring (bicyclic) bond motifs is 5. The first kappa shape index (κ1) is 26.9. The van der Waals surface area contributed by atoms with Gasteiger partial charge in [0.25, 0.3) is 0 Å². The third-order valence-electron chi connectivity index (χ3n) is 10.1. The zero-order valence-electron chi connectivity index (χ0n) is 23.1. The van der Waals surface area contributed by atoms with Crippen LogP contribution in [0.5, 0.6) is 0 Å². The molecule has 8 atom stereocenters. The minimum atomic E-state index is -0.307. The van der Waals surface area contributed by atoms with Crippen LogP contribution in [0.25, 0.3) is 0 Å². The zero-order valence-corrected chi connectivity index (χ0v) is 23.1. The maximum atomic E-state index is 12.2. The average molecular weight is 497 g/mol. The standard InChI is InChI=1S/C31H44O5/c1-18(2)28(34)13-8-19(3)25-11-12-26-24-10-9-22-16-23(35-20(4)32)17-29(36-21(5)33)31(22,7)27(24)14-15-30(25,26)6/h8-10,13,18-19,23,25-27,29H,11-12,14-17H2,1-7H3/t19-,23-,25-,26+,27+,29+,30-,31+/m1/s1. The first-order valence-electron chi connectivity index (χ1n) is 13.9. The summed E-state index contributed by atoms with van der Waals surface area (Å²) in [5, 5.41) is 0. The lowest BCUT2D eigenvalue weighted by Crippen LogP contribution is -2.54. The number of esters is 2. The average Bonchev–Trinajstić information content (AvgIpc) is 3.14. The van der Waals surface area contributed by atoms with E-state index in [-0.39, 0.29) is 46.7 Å². The molecule has 0 spiro atoms. The molecule has 5 heteroatoms. The van der Waals surface area contributed by atoms with Crippen LogP contribution in [0.1, 0.15) is 87.0 Å². The van der Waals surface area contributed by atoms with E-state index in [1.165, 1.54) is 31.4 Å².